The molecule has 0 saturated heterocycles. The van der Waals surface area contributed by atoms with Gasteiger partial charge in [-0.05, 0) is 37.0 Å². The maximum absolute atomic E-state index is 5.02. The maximum Gasteiger partial charge on any atom is 0.0719 e. The summed E-state index contributed by atoms with van der Waals surface area (Å²) in [5, 5.41) is 0. The van der Waals surface area contributed by atoms with Gasteiger partial charge in [0.15, 0.2) is 0 Å². The fraction of sp³-hybridized carbons (Fsp3) is 0.500. The second-order valence-corrected chi connectivity index (χ2v) is 3.91. The summed E-state index contributed by atoms with van der Waals surface area (Å²) in [6, 6.07) is 6.67. The van der Waals surface area contributed by atoms with Crippen LogP contribution in [0, 0.1) is 0 Å². The quantitative estimate of drug-likeness (QED) is 0.759. The van der Waals surface area contributed by atoms with Crippen molar-refractivity contribution in [3.63, 3.8) is 0 Å². The van der Waals surface area contributed by atoms with E-state index in [4.69, 9.17) is 5.90 Å². The minimum Gasteiger partial charge on any atom is -0.371 e. The van der Waals surface area contributed by atoms with E-state index in [-0.39, 0.29) is 0 Å². The van der Waals surface area contributed by atoms with Crippen molar-refractivity contribution >= 4 is 5.69 Å². The van der Waals surface area contributed by atoms with Crippen LogP contribution in [0.15, 0.2) is 18.2 Å². The van der Waals surface area contributed by atoms with Crippen LogP contribution in [0.1, 0.15) is 18.1 Å². The van der Waals surface area contributed by atoms with Gasteiger partial charge in [-0.25, -0.2) is 5.90 Å². The fourth-order valence-electron chi connectivity index (χ4n) is 2.18. The van der Waals surface area contributed by atoms with Crippen LogP contribution in [0.3, 0.4) is 0 Å². The molecule has 0 unspecified atom stereocenters. The number of nitrogens with zero attached hydrogens (tertiary/aromatic N) is 1. The number of hydrogen-bond donors (Lipinski definition) is 1. The lowest BCUT2D eigenvalue weighted by Gasteiger charge is -2.16. The molecule has 2 rings (SSSR count). The van der Waals surface area contributed by atoms with E-state index in [1.807, 2.05) is 0 Å². The lowest BCUT2D eigenvalue weighted by molar-refractivity contribution is 0.141. The van der Waals surface area contributed by atoms with Gasteiger partial charge in [-0.2, -0.15) is 0 Å². The minimum absolute atomic E-state index is 0.594. The molecule has 1 aliphatic heterocycles. The molecule has 3 nitrogen and oxygen atoms in total. The minimum atomic E-state index is 0.594. The van der Waals surface area contributed by atoms with Crippen molar-refractivity contribution in [2.24, 2.45) is 5.90 Å². The first-order valence-electron chi connectivity index (χ1n) is 5.53. The Hall–Kier alpha value is -1.06. The van der Waals surface area contributed by atoms with E-state index < -0.39 is 0 Å². The zero-order chi connectivity index (χ0) is 10.7. The van der Waals surface area contributed by atoms with Crippen LogP contribution in [0.25, 0.3) is 0 Å². The first-order valence-corrected chi connectivity index (χ1v) is 5.53. The average Bonchev–Trinajstić information content (AvgIpc) is 2.68. The summed E-state index contributed by atoms with van der Waals surface area (Å²) in [6.07, 6.45) is 2.07. The van der Waals surface area contributed by atoms with E-state index in [9.17, 15) is 0 Å². The highest BCUT2D eigenvalue weighted by atomic mass is 16.6. The molecular formula is C12H18N2O. The molecule has 0 atom stereocenters. The van der Waals surface area contributed by atoms with Crippen molar-refractivity contribution in [1.29, 1.82) is 0 Å². The number of nitrogens with two attached hydrogens (primary N) is 1. The van der Waals surface area contributed by atoms with Crippen LogP contribution >= 0.6 is 0 Å². The third-order valence-corrected chi connectivity index (χ3v) is 3.03. The number of fused-ring (bicyclic) bond motifs is 1. The van der Waals surface area contributed by atoms with Crippen LogP contribution in [-0.4, -0.2) is 19.7 Å². The standard InChI is InChI=1S/C12H18N2O/c1-2-14-7-5-11-9-10(6-8-15-13)3-4-12(11)14/h3-4,9H,2,5-8,13H2,1H3. The molecule has 2 N–H and O–H groups in total. The average molecular weight is 206 g/mol. The highest BCUT2D eigenvalue weighted by molar-refractivity contribution is 5.59. The van der Waals surface area contributed by atoms with Gasteiger partial charge in [-0.1, -0.05) is 12.1 Å². The summed E-state index contributed by atoms with van der Waals surface area (Å²) < 4.78 is 0. The van der Waals surface area contributed by atoms with E-state index in [1.165, 1.54) is 23.2 Å². The molecule has 0 saturated carbocycles. The Morgan fingerprint density at radius 1 is 1.47 bits per heavy atom. The highest BCUT2D eigenvalue weighted by Crippen LogP contribution is 2.28. The number of rotatable bonds is 4. The monoisotopic (exact) mass is 206 g/mol. The number of benzene rings is 1. The Labute approximate surface area is 90.8 Å². The normalized spacial score (nSPS) is 14.4. The van der Waals surface area contributed by atoms with E-state index >= 15 is 0 Å². The summed E-state index contributed by atoms with van der Waals surface area (Å²) in [7, 11) is 0. The molecule has 1 aliphatic rings. The van der Waals surface area contributed by atoms with E-state index in [0.717, 1.165) is 19.5 Å². The molecule has 1 heterocycles. The number of likely N-dealkylation sites (N-methyl/N-ethyl adjacent to an activating group) is 1. The first-order chi connectivity index (χ1) is 7.35. The third-order valence-electron chi connectivity index (χ3n) is 3.03. The number of hydrogen-bond acceptors (Lipinski definition) is 3. The largest absolute Gasteiger partial charge is 0.371 e. The summed E-state index contributed by atoms with van der Waals surface area (Å²) in [6.45, 7) is 5.04. The van der Waals surface area contributed by atoms with Crippen LogP contribution in [0.4, 0.5) is 5.69 Å². The molecule has 1 aromatic carbocycles. The molecule has 15 heavy (non-hydrogen) atoms. The molecule has 82 valence electrons. The van der Waals surface area contributed by atoms with Crippen LogP contribution in [0.2, 0.25) is 0 Å². The lowest BCUT2D eigenvalue weighted by Crippen LogP contribution is -2.19. The van der Waals surface area contributed by atoms with Crippen molar-refractivity contribution < 1.29 is 4.84 Å². The molecular weight excluding hydrogens is 188 g/mol. The van der Waals surface area contributed by atoms with Gasteiger partial charge in [0.25, 0.3) is 0 Å². The van der Waals surface area contributed by atoms with Gasteiger partial charge in [-0.15, -0.1) is 0 Å². The molecule has 0 amide bonds. The smallest absolute Gasteiger partial charge is 0.0719 e. The zero-order valence-corrected chi connectivity index (χ0v) is 9.20. The molecule has 0 spiro atoms. The van der Waals surface area contributed by atoms with Gasteiger partial charge < -0.3 is 9.74 Å². The van der Waals surface area contributed by atoms with Crippen molar-refractivity contribution in [3.8, 4) is 0 Å². The van der Waals surface area contributed by atoms with E-state index in [0.29, 0.717) is 6.61 Å². The molecule has 0 aliphatic carbocycles. The van der Waals surface area contributed by atoms with Gasteiger partial charge in [0, 0.05) is 18.8 Å². The summed E-state index contributed by atoms with van der Waals surface area (Å²) in [5.74, 6) is 5.02. The zero-order valence-electron chi connectivity index (χ0n) is 9.20. The van der Waals surface area contributed by atoms with Gasteiger partial charge in [-0.3, -0.25) is 0 Å². The second-order valence-electron chi connectivity index (χ2n) is 3.91. The van der Waals surface area contributed by atoms with E-state index in [2.05, 4.69) is 34.9 Å². The lowest BCUT2D eigenvalue weighted by atomic mass is 10.1. The predicted molar refractivity (Wildman–Crippen MR) is 61.9 cm³/mol. The maximum atomic E-state index is 5.02. The molecule has 1 aromatic rings. The van der Waals surface area contributed by atoms with Crippen LogP contribution in [-0.2, 0) is 17.7 Å². The summed E-state index contributed by atoms with van der Waals surface area (Å²) in [4.78, 5) is 7.01. The van der Waals surface area contributed by atoms with Gasteiger partial charge in [0.1, 0.15) is 0 Å². The van der Waals surface area contributed by atoms with Crippen LogP contribution in [0.5, 0.6) is 0 Å². The Balaban J connectivity index is 2.14. The molecule has 0 bridgehead atoms. The topological polar surface area (TPSA) is 38.5 Å². The molecule has 3 heteroatoms. The van der Waals surface area contributed by atoms with Crippen molar-refractivity contribution in [2.45, 2.75) is 19.8 Å². The Morgan fingerprint density at radius 2 is 2.33 bits per heavy atom. The molecule has 0 fully saturated rings. The Bertz CT molecular complexity index is 338. The SMILES string of the molecule is CCN1CCc2cc(CCON)ccc21. The van der Waals surface area contributed by atoms with Crippen molar-refractivity contribution in [1.82, 2.24) is 0 Å². The van der Waals surface area contributed by atoms with Crippen LogP contribution < -0.4 is 10.8 Å². The molecule has 0 aromatic heterocycles. The van der Waals surface area contributed by atoms with Gasteiger partial charge >= 0.3 is 0 Å². The fourth-order valence-corrected chi connectivity index (χ4v) is 2.18. The van der Waals surface area contributed by atoms with Gasteiger partial charge in [0.2, 0.25) is 0 Å². The summed E-state index contributed by atoms with van der Waals surface area (Å²) >= 11 is 0. The van der Waals surface area contributed by atoms with E-state index in [1.54, 1.807) is 0 Å². The van der Waals surface area contributed by atoms with Crippen molar-refractivity contribution in [2.75, 3.05) is 24.6 Å². The van der Waals surface area contributed by atoms with Crippen molar-refractivity contribution in [3.05, 3.63) is 29.3 Å². The third kappa shape index (κ3) is 2.13. The Kier molecular flexibility index (Phi) is 3.23. The first kappa shape index (κ1) is 10.5. The predicted octanol–water partition coefficient (Wildman–Crippen LogP) is 1.50. The second kappa shape index (κ2) is 4.64. The highest BCUT2D eigenvalue weighted by Gasteiger charge is 2.17. The molecule has 0 radical (unpaired) electrons. The summed E-state index contributed by atoms with van der Waals surface area (Å²) in [5.41, 5.74) is 4.18. The Morgan fingerprint density at radius 3 is 3.07 bits per heavy atom. The van der Waals surface area contributed by atoms with Gasteiger partial charge in [0.05, 0.1) is 6.61 Å². The number of anilines is 1.